The average Bonchev–Trinajstić information content (AvgIpc) is 3.11. The van der Waals surface area contributed by atoms with Crippen LogP contribution in [0.1, 0.15) is 0 Å². The van der Waals surface area contributed by atoms with Crippen LogP contribution in [0.15, 0.2) is 69.6 Å². The van der Waals surface area contributed by atoms with Crippen LogP contribution in [-0.2, 0) is 0 Å². The molecule has 4 aromatic rings. The number of pyridine rings is 1. The van der Waals surface area contributed by atoms with E-state index in [4.69, 9.17) is 0 Å². The number of benzene rings is 1. The molecule has 0 unspecified atom stereocenters. The number of aromatic hydroxyl groups is 2. The average molecular weight is 378 g/mol. The van der Waals surface area contributed by atoms with E-state index in [1.54, 1.807) is 30.7 Å². The molecule has 0 saturated heterocycles. The third-order valence-electron chi connectivity index (χ3n) is 3.41. The van der Waals surface area contributed by atoms with Crippen molar-refractivity contribution in [3.63, 3.8) is 0 Å². The molecule has 0 amide bonds. The zero-order valence-electron chi connectivity index (χ0n) is 13.5. The van der Waals surface area contributed by atoms with Gasteiger partial charge in [-0.3, -0.25) is 4.98 Å². The Morgan fingerprint density at radius 1 is 0.889 bits per heavy atom. The van der Waals surface area contributed by atoms with Crippen molar-refractivity contribution < 1.29 is 10.2 Å². The highest BCUT2D eigenvalue weighted by Crippen LogP contribution is 2.44. The fourth-order valence-corrected chi connectivity index (χ4v) is 2.75. The van der Waals surface area contributed by atoms with Crippen LogP contribution in [0.5, 0.6) is 11.5 Å². The highest BCUT2D eigenvalue weighted by molar-refractivity contribution is 7.11. The van der Waals surface area contributed by atoms with E-state index in [1.165, 1.54) is 18.5 Å². The predicted molar refractivity (Wildman–Crippen MR) is 97.6 cm³/mol. The molecule has 4 rings (SSSR count). The molecule has 0 aliphatic heterocycles. The second-order valence-electron chi connectivity index (χ2n) is 5.15. The monoisotopic (exact) mass is 378 g/mol. The molecule has 0 saturated carbocycles. The summed E-state index contributed by atoms with van der Waals surface area (Å²) in [6.07, 6.45) is 6.09. The highest BCUT2D eigenvalue weighted by Gasteiger charge is 2.13. The van der Waals surface area contributed by atoms with Gasteiger partial charge in [-0.2, -0.15) is 9.49 Å². The highest BCUT2D eigenvalue weighted by atomic mass is 32.1. The van der Waals surface area contributed by atoms with E-state index in [-0.39, 0.29) is 22.9 Å². The molecule has 10 nitrogen and oxygen atoms in total. The molecular formula is C16H10N8O2S. The fourth-order valence-electron chi connectivity index (χ4n) is 2.11. The summed E-state index contributed by atoms with van der Waals surface area (Å²) >= 11 is 1.11. The molecule has 0 spiro atoms. The van der Waals surface area contributed by atoms with Gasteiger partial charge in [-0.25, -0.2) is 9.97 Å². The summed E-state index contributed by atoms with van der Waals surface area (Å²) in [7, 11) is 0. The molecule has 132 valence electrons. The molecular weight excluding hydrogens is 368 g/mol. The second kappa shape index (κ2) is 7.17. The molecule has 0 radical (unpaired) electrons. The standard InChI is InChI=1S/C16H10N8O2S/c25-12-2-1-10(15(26)14(12)22-20-9-3-5-17-6-4-9)21-23-16-13-11(24-27-16)7-18-8-19-13/h1-8,25-26H/b22-20+,23-21+. The summed E-state index contributed by atoms with van der Waals surface area (Å²) in [6.45, 7) is 0. The van der Waals surface area contributed by atoms with Gasteiger partial charge in [-0.15, -0.1) is 15.3 Å². The lowest BCUT2D eigenvalue weighted by atomic mass is 10.2. The van der Waals surface area contributed by atoms with Crippen molar-refractivity contribution in [2.75, 3.05) is 0 Å². The second-order valence-corrected chi connectivity index (χ2v) is 5.90. The van der Waals surface area contributed by atoms with Crippen LogP contribution in [0.4, 0.5) is 22.1 Å². The van der Waals surface area contributed by atoms with Gasteiger partial charge in [0.25, 0.3) is 0 Å². The van der Waals surface area contributed by atoms with Crippen molar-refractivity contribution >= 4 is 44.6 Å². The molecule has 3 aromatic heterocycles. The van der Waals surface area contributed by atoms with Crippen molar-refractivity contribution in [1.29, 1.82) is 0 Å². The Morgan fingerprint density at radius 3 is 2.59 bits per heavy atom. The summed E-state index contributed by atoms with van der Waals surface area (Å²) in [5.74, 6) is -0.583. The van der Waals surface area contributed by atoms with Gasteiger partial charge in [0, 0.05) is 12.4 Å². The minimum atomic E-state index is -0.347. The Morgan fingerprint density at radius 2 is 1.74 bits per heavy atom. The largest absolute Gasteiger partial charge is 0.505 e. The number of phenolic OH excluding ortho intramolecular Hbond substituents is 2. The Bertz CT molecular complexity index is 1160. The van der Waals surface area contributed by atoms with Gasteiger partial charge >= 0.3 is 0 Å². The maximum atomic E-state index is 10.4. The van der Waals surface area contributed by atoms with Gasteiger partial charge < -0.3 is 10.2 Å². The van der Waals surface area contributed by atoms with E-state index in [9.17, 15) is 10.2 Å². The topological polar surface area (TPSA) is 141 Å². The maximum Gasteiger partial charge on any atom is 0.185 e. The maximum absolute atomic E-state index is 10.4. The van der Waals surface area contributed by atoms with E-state index >= 15 is 0 Å². The van der Waals surface area contributed by atoms with Crippen LogP contribution >= 0.6 is 11.5 Å². The van der Waals surface area contributed by atoms with Gasteiger partial charge in [0.2, 0.25) is 0 Å². The molecule has 3 heterocycles. The zero-order valence-corrected chi connectivity index (χ0v) is 14.3. The van der Waals surface area contributed by atoms with Crippen molar-refractivity contribution in [2.24, 2.45) is 20.5 Å². The Balaban J connectivity index is 1.67. The van der Waals surface area contributed by atoms with Crippen molar-refractivity contribution in [3.05, 3.63) is 49.2 Å². The minimum absolute atomic E-state index is 0.111. The van der Waals surface area contributed by atoms with Gasteiger partial charge in [-0.1, -0.05) is 0 Å². The summed E-state index contributed by atoms with van der Waals surface area (Å²) in [6, 6.07) is 6.04. The number of hydrogen-bond acceptors (Lipinski definition) is 11. The molecule has 0 bridgehead atoms. The van der Waals surface area contributed by atoms with Crippen LogP contribution < -0.4 is 0 Å². The van der Waals surface area contributed by atoms with Gasteiger partial charge in [0.05, 0.1) is 11.9 Å². The van der Waals surface area contributed by atoms with Crippen molar-refractivity contribution in [1.82, 2.24) is 19.3 Å². The van der Waals surface area contributed by atoms with Crippen LogP contribution in [0.2, 0.25) is 0 Å². The first-order chi connectivity index (χ1) is 13.2. The quantitative estimate of drug-likeness (QED) is 0.492. The number of nitrogens with zero attached hydrogens (tertiary/aromatic N) is 8. The van der Waals surface area contributed by atoms with E-state index in [0.29, 0.717) is 21.7 Å². The SMILES string of the molecule is Oc1ccc(/N=N/c2snc3cncnc23)c(O)c1/N=N/c1ccncc1. The molecule has 0 aliphatic carbocycles. The number of aromatic nitrogens is 4. The molecule has 0 aliphatic rings. The van der Waals surface area contributed by atoms with Crippen LogP contribution in [0, 0.1) is 0 Å². The molecule has 11 heteroatoms. The normalized spacial score (nSPS) is 11.7. The first-order valence-corrected chi connectivity index (χ1v) is 8.33. The lowest BCUT2D eigenvalue weighted by Gasteiger charge is -2.03. The number of hydrogen-bond donors (Lipinski definition) is 2. The fraction of sp³-hybridized carbons (Fsp3) is 0. The number of rotatable bonds is 4. The Hall–Kier alpha value is -3.86. The van der Waals surface area contributed by atoms with Crippen LogP contribution in [0.25, 0.3) is 11.0 Å². The number of phenols is 2. The minimum Gasteiger partial charge on any atom is -0.505 e. The van der Waals surface area contributed by atoms with Gasteiger partial charge in [0.15, 0.2) is 16.4 Å². The first kappa shape index (κ1) is 16.6. The summed E-state index contributed by atoms with van der Waals surface area (Å²) in [4.78, 5) is 11.9. The molecule has 0 fully saturated rings. The van der Waals surface area contributed by atoms with Crippen LogP contribution in [0.3, 0.4) is 0 Å². The van der Waals surface area contributed by atoms with Crippen molar-refractivity contribution in [3.8, 4) is 11.5 Å². The molecule has 0 atom stereocenters. The Labute approximate surface area is 155 Å². The molecule has 1 aromatic carbocycles. The first-order valence-electron chi connectivity index (χ1n) is 7.56. The third-order valence-corrected chi connectivity index (χ3v) is 4.15. The van der Waals surface area contributed by atoms with E-state index in [2.05, 4.69) is 39.8 Å². The van der Waals surface area contributed by atoms with Crippen molar-refractivity contribution in [2.45, 2.75) is 0 Å². The number of fused-ring (bicyclic) bond motifs is 1. The lowest BCUT2D eigenvalue weighted by molar-refractivity contribution is 0.453. The van der Waals surface area contributed by atoms with E-state index in [0.717, 1.165) is 11.5 Å². The smallest absolute Gasteiger partial charge is 0.185 e. The summed E-state index contributed by atoms with van der Waals surface area (Å²) < 4.78 is 4.17. The third kappa shape index (κ3) is 3.43. The van der Waals surface area contributed by atoms with E-state index in [1.807, 2.05) is 0 Å². The molecule has 2 N–H and O–H groups in total. The van der Waals surface area contributed by atoms with E-state index < -0.39 is 0 Å². The number of azo groups is 2. The van der Waals surface area contributed by atoms with Crippen LogP contribution in [-0.4, -0.2) is 29.5 Å². The van der Waals surface area contributed by atoms with Gasteiger partial charge in [0.1, 0.15) is 28.8 Å². The summed E-state index contributed by atoms with van der Waals surface area (Å²) in [5.41, 5.74) is 1.70. The Kier molecular flexibility index (Phi) is 4.41. The van der Waals surface area contributed by atoms with Gasteiger partial charge in [-0.05, 0) is 35.8 Å². The predicted octanol–water partition coefficient (Wildman–Crippen LogP) is 4.72. The lowest BCUT2D eigenvalue weighted by Crippen LogP contribution is -1.76. The summed E-state index contributed by atoms with van der Waals surface area (Å²) in [5, 5.41) is 36.8. The molecule has 27 heavy (non-hydrogen) atoms. The zero-order chi connectivity index (χ0) is 18.6.